The zero-order chi connectivity index (χ0) is 25.3. The van der Waals surface area contributed by atoms with Gasteiger partial charge in [0.2, 0.25) is 22.7 Å². The van der Waals surface area contributed by atoms with Gasteiger partial charge in [-0.05, 0) is 36.0 Å². The summed E-state index contributed by atoms with van der Waals surface area (Å²) in [5, 5.41) is 6.36. The second-order valence-electron chi connectivity index (χ2n) is 10.1. The SMILES string of the molecule is CC(=O)N(C)CC1(c2ccccc2)CCN(c2nc3c(c(N[C@H]4CCC(=O)NC4)n2)[S+]([O-])CC3)CC1. The van der Waals surface area contributed by atoms with Crippen LogP contribution in [0, 0.1) is 0 Å². The summed E-state index contributed by atoms with van der Waals surface area (Å²) in [5.74, 6) is 2.01. The maximum absolute atomic E-state index is 12.7. The van der Waals surface area contributed by atoms with Gasteiger partial charge in [0.15, 0.2) is 5.82 Å². The Morgan fingerprint density at radius 2 is 2.00 bits per heavy atom. The van der Waals surface area contributed by atoms with Crippen LogP contribution in [0.5, 0.6) is 0 Å². The van der Waals surface area contributed by atoms with Crippen molar-refractivity contribution in [3.05, 3.63) is 41.6 Å². The summed E-state index contributed by atoms with van der Waals surface area (Å²) in [4.78, 5) is 38.1. The van der Waals surface area contributed by atoms with Crippen LogP contribution < -0.4 is 15.5 Å². The number of nitrogens with one attached hydrogen (secondary N) is 2. The molecule has 10 heteroatoms. The molecule has 0 spiro atoms. The zero-order valence-corrected chi connectivity index (χ0v) is 21.8. The van der Waals surface area contributed by atoms with E-state index in [0.717, 1.165) is 42.9 Å². The molecule has 0 aliphatic carbocycles. The number of benzene rings is 1. The van der Waals surface area contributed by atoms with Gasteiger partial charge >= 0.3 is 0 Å². The Labute approximate surface area is 215 Å². The Balaban J connectivity index is 1.38. The smallest absolute Gasteiger partial charge is 0.227 e. The molecular formula is C26H34N6O3S. The van der Waals surface area contributed by atoms with Crippen molar-refractivity contribution in [2.45, 2.75) is 55.4 Å². The number of piperidine rings is 2. The van der Waals surface area contributed by atoms with E-state index in [-0.39, 0.29) is 23.3 Å². The number of likely N-dealkylation sites (N-methyl/N-ethyl adjacent to an activating group) is 1. The number of aryl methyl sites for hydroxylation is 1. The maximum atomic E-state index is 12.7. The predicted molar refractivity (Wildman–Crippen MR) is 140 cm³/mol. The van der Waals surface area contributed by atoms with Gasteiger partial charge in [-0.3, -0.25) is 9.59 Å². The number of amides is 2. The van der Waals surface area contributed by atoms with Crippen LogP contribution in [-0.4, -0.2) is 76.3 Å². The van der Waals surface area contributed by atoms with Gasteiger partial charge in [0, 0.05) is 64.4 Å². The molecule has 192 valence electrons. The summed E-state index contributed by atoms with van der Waals surface area (Å²) in [6, 6.07) is 10.5. The molecule has 2 saturated heterocycles. The molecule has 1 aromatic heterocycles. The summed E-state index contributed by atoms with van der Waals surface area (Å²) >= 11 is -1.11. The number of hydrogen-bond acceptors (Lipinski definition) is 7. The van der Waals surface area contributed by atoms with Crippen molar-refractivity contribution in [3.63, 3.8) is 0 Å². The second-order valence-corrected chi connectivity index (χ2v) is 11.6. The van der Waals surface area contributed by atoms with E-state index in [1.807, 2.05) is 18.0 Å². The van der Waals surface area contributed by atoms with Crippen LogP contribution in [0.3, 0.4) is 0 Å². The molecule has 0 saturated carbocycles. The number of carbonyl (C=O) groups is 2. The third-order valence-corrected chi connectivity index (χ3v) is 9.21. The van der Waals surface area contributed by atoms with Crippen molar-refractivity contribution in [2.24, 2.45) is 0 Å². The average Bonchev–Trinajstić information content (AvgIpc) is 3.27. The molecule has 36 heavy (non-hydrogen) atoms. The zero-order valence-electron chi connectivity index (χ0n) is 21.0. The number of hydrogen-bond donors (Lipinski definition) is 2. The quantitative estimate of drug-likeness (QED) is 0.570. The van der Waals surface area contributed by atoms with Crippen LogP contribution in [0.4, 0.5) is 11.8 Å². The Hall–Kier alpha value is -2.85. The lowest BCUT2D eigenvalue weighted by Gasteiger charge is -2.44. The summed E-state index contributed by atoms with van der Waals surface area (Å²) in [7, 11) is 1.87. The molecule has 4 heterocycles. The highest BCUT2D eigenvalue weighted by atomic mass is 32.2. The minimum Gasteiger partial charge on any atom is -0.611 e. The number of fused-ring (bicyclic) bond motifs is 1. The summed E-state index contributed by atoms with van der Waals surface area (Å²) in [6.07, 6.45) is 3.62. The van der Waals surface area contributed by atoms with Crippen LogP contribution >= 0.6 is 0 Å². The van der Waals surface area contributed by atoms with E-state index < -0.39 is 11.2 Å². The van der Waals surface area contributed by atoms with Crippen molar-refractivity contribution >= 4 is 34.8 Å². The van der Waals surface area contributed by atoms with E-state index in [2.05, 4.69) is 39.8 Å². The average molecular weight is 511 g/mol. The molecule has 2 N–H and O–H groups in total. The fraction of sp³-hybridized carbons (Fsp3) is 0.538. The number of anilines is 2. The van der Waals surface area contributed by atoms with Gasteiger partial charge in [0.05, 0.1) is 0 Å². The highest BCUT2D eigenvalue weighted by Gasteiger charge is 2.40. The van der Waals surface area contributed by atoms with Gasteiger partial charge in [-0.1, -0.05) is 30.3 Å². The van der Waals surface area contributed by atoms with Crippen LogP contribution in [0.1, 0.15) is 43.9 Å². The second kappa shape index (κ2) is 10.3. The Morgan fingerprint density at radius 3 is 2.67 bits per heavy atom. The maximum Gasteiger partial charge on any atom is 0.227 e. The van der Waals surface area contributed by atoms with E-state index in [4.69, 9.17) is 9.97 Å². The van der Waals surface area contributed by atoms with E-state index in [0.29, 0.717) is 43.5 Å². The van der Waals surface area contributed by atoms with Gasteiger partial charge in [-0.25, -0.2) is 4.98 Å². The molecule has 2 atom stereocenters. The third-order valence-electron chi connectivity index (χ3n) is 7.75. The molecule has 3 aliphatic heterocycles. The van der Waals surface area contributed by atoms with Gasteiger partial charge in [0.1, 0.15) is 11.4 Å². The molecule has 0 radical (unpaired) electrons. The minimum atomic E-state index is -1.11. The van der Waals surface area contributed by atoms with E-state index in [1.165, 1.54) is 5.56 Å². The molecule has 3 aliphatic rings. The first kappa shape index (κ1) is 24.8. The molecule has 2 aromatic rings. The van der Waals surface area contributed by atoms with Crippen LogP contribution in [-0.2, 0) is 32.6 Å². The highest BCUT2D eigenvalue weighted by molar-refractivity contribution is 7.91. The van der Waals surface area contributed by atoms with Gasteiger partial charge < -0.3 is 25.0 Å². The number of rotatable bonds is 6. The standard InChI is InChI=1S/C26H34N6O3S/c1-18(33)31(2)17-26(19-6-4-3-5-7-19)11-13-32(14-12-26)25-29-21-10-15-36(35)23(21)24(30-25)28-20-8-9-22(34)27-16-20/h3-7,20H,8-17H2,1-2H3,(H,27,34)(H,28,29,30)/t20-,36?/m0/s1. The van der Waals surface area contributed by atoms with Crippen LogP contribution in [0.25, 0.3) is 0 Å². The Kier molecular flexibility index (Phi) is 7.07. The molecule has 2 amide bonds. The Bertz CT molecular complexity index is 1110. The predicted octanol–water partition coefficient (Wildman–Crippen LogP) is 1.85. The summed E-state index contributed by atoms with van der Waals surface area (Å²) in [5.41, 5.74) is 1.99. The summed E-state index contributed by atoms with van der Waals surface area (Å²) in [6.45, 7) is 4.35. The highest BCUT2D eigenvalue weighted by Crippen LogP contribution is 2.39. The monoisotopic (exact) mass is 510 g/mol. The Morgan fingerprint density at radius 1 is 1.25 bits per heavy atom. The molecule has 2 fully saturated rings. The largest absolute Gasteiger partial charge is 0.611 e. The van der Waals surface area contributed by atoms with Crippen molar-refractivity contribution in [1.82, 2.24) is 20.2 Å². The van der Waals surface area contributed by atoms with Crippen LogP contribution in [0.2, 0.25) is 0 Å². The normalized spacial score (nSPS) is 23.1. The van der Waals surface area contributed by atoms with Crippen LogP contribution in [0.15, 0.2) is 35.2 Å². The molecular weight excluding hydrogens is 476 g/mol. The molecule has 5 rings (SSSR count). The first-order valence-corrected chi connectivity index (χ1v) is 14.0. The number of aromatic nitrogens is 2. The molecule has 1 unspecified atom stereocenters. The van der Waals surface area contributed by atoms with Gasteiger partial charge in [-0.2, -0.15) is 4.98 Å². The summed E-state index contributed by atoms with van der Waals surface area (Å²) < 4.78 is 12.7. The molecule has 1 aromatic carbocycles. The van der Waals surface area contributed by atoms with E-state index in [9.17, 15) is 14.1 Å². The number of nitrogens with zero attached hydrogens (tertiary/aromatic N) is 4. The van der Waals surface area contributed by atoms with Crippen molar-refractivity contribution < 1.29 is 14.1 Å². The van der Waals surface area contributed by atoms with Crippen molar-refractivity contribution in [1.29, 1.82) is 0 Å². The first-order chi connectivity index (χ1) is 17.3. The van der Waals surface area contributed by atoms with Crippen molar-refractivity contribution in [2.75, 3.05) is 49.2 Å². The topological polar surface area (TPSA) is 114 Å². The lowest BCUT2D eigenvalue weighted by atomic mass is 9.72. The number of carbonyl (C=O) groups excluding carboxylic acids is 2. The third kappa shape index (κ3) is 5.01. The van der Waals surface area contributed by atoms with E-state index in [1.54, 1.807) is 6.92 Å². The minimum absolute atomic E-state index is 0.0568. The molecule has 0 bridgehead atoms. The van der Waals surface area contributed by atoms with Gasteiger partial charge in [0.25, 0.3) is 0 Å². The first-order valence-electron chi connectivity index (χ1n) is 12.7. The van der Waals surface area contributed by atoms with Crippen molar-refractivity contribution in [3.8, 4) is 0 Å². The lowest BCUT2D eigenvalue weighted by molar-refractivity contribution is -0.128. The van der Waals surface area contributed by atoms with Gasteiger partial charge in [-0.15, -0.1) is 0 Å². The lowest BCUT2D eigenvalue weighted by Crippen LogP contribution is -2.49. The van der Waals surface area contributed by atoms with E-state index >= 15 is 0 Å². The fourth-order valence-electron chi connectivity index (χ4n) is 5.50. The fourth-order valence-corrected chi connectivity index (χ4v) is 6.82. The molecule has 9 nitrogen and oxygen atoms in total.